The molecule has 2 N–H and O–H groups in total. The smallest absolute Gasteiger partial charge is 0.414 e. The highest BCUT2D eigenvalue weighted by Gasteiger charge is 2.04. The molecule has 0 fully saturated rings. The molecule has 164 valence electrons. The molecule has 2 rings (SSSR count). The summed E-state index contributed by atoms with van der Waals surface area (Å²) in [5.41, 5.74) is 1.42. The van der Waals surface area contributed by atoms with Crippen LogP contribution >= 0.6 is 11.8 Å². The summed E-state index contributed by atoms with van der Waals surface area (Å²) in [4.78, 5) is 21.8. The van der Waals surface area contributed by atoms with Gasteiger partial charge in [-0.2, -0.15) is 0 Å². The van der Waals surface area contributed by atoms with Gasteiger partial charge in [0.1, 0.15) is 5.82 Å². The third kappa shape index (κ3) is 13.0. The Bertz CT molecular complexity index is 729. The van der Waals surface area contributed by atoms with Gasteiger partial charge in [0.05, 0.1) is 0 Å². The number of likely N-dealkylation sites (N-methyl/N-ethyl adjacent to an activating group) is 1. The van der Waals surface area contributed by atoms with Gasteiger partial charge in [0.2, 0.25) is 0 Å². The third-order valence-electron chi connectivity index (χ3n) is 4.32. The number of carbonyl (C=O) groups is 2. The van der Waals surface area contributed by atoms with Crippen LogP contribution < -0.4 is 0 Å². The molecular weight excluding hydrogens is 405 g/mol. The first-order chi connectivity index (χ1) is 14.4. The van der Waals surface area contributed by atoms with E-state index in [1.54, 1.807) is 0 Å². The SMILES string of the molecule is CN(CCCCCCSc1ccc(F)cc1)CCc1ccccc1.O=C(O)C(=O)O. The van der Waals surface area contributed by atoms with Crippen molar-refractivity contribution in [2.75, 3.05) is 25.9 Å². The van der Waals surface area contributed by atoms with Crippen LogP contribution in [-0.2, 0) is 16.0 Å². The predicted octanol–water partition coefficient (Wildman–Crippen LogP) is 4.81. The van der Waals surface area contributed by atoms with Crippen molar-refractivity contribution >= 4 is 23.7 Å². The van der Waals surface area contributed by atoms with Crippen molar-refractivity contribution in [3.05, 3.63) is 66.0 Å². The van der Waals surface area contributed by atoms with Crippen LogP contribution in [0.1, 0.15) is 31.2 Å². The Kier molecular flexibility index (Phi) is 13.2. The maximum absolute atomic E-state index is 12.8. The monoisotopic (exact) mass is 435 g/mol. The minimum absolute atomic E-state index is 0.157. The van der Waals surface area contributed by atoms with Crippen molar-refractivity contribution < 1.29 is 24.2 Å². The first-order valence-electron chi connectivity index (χ1n) is 9.95. The first-order valence-corrected chi connectivity index (χ1v) is 10.9. The minimum Gasteiger partial charge on any atom is -0.473 e. The lowest BCUT2D eigenvalue weighted by Gasteiger charge is -2.16. The van der Waals surface area contributed by atoms with Crippen LogP contribution in [0.15, 0.2) is 59.5 Å². The zero-order valence-corrected chi connectivity index (χ0v) is 18.1. The van der Waals surface area contributed by atoms with E-state index in [0.717, 1.165) is 23.6 Å². The summed E-state index contributed by atoms with van der Waals surface area (Å²) in [5, 5.41) is 14.8. The maximum atomic E-state index is 12.8. The Morgan fingerprint density at radius 1 is 0.867 bits per heavy atom. The van der Waals surface area contributed by atoms with Crippen LogP contribution in [0.4, 0.5) is 4.39 Å². The van der Waals surface area contributed by atoms with E-state index in [4.69, 9.17) is 19.8 Å². The van der Waals surface area contributed by atoms with Crippen LogP contribution in [0.2, 0.25) is 0 Å². The normalized spacial score (nSPS) is 10.4. The largest absolute Gasteiger partial charge is 0.473 e. The van der Waals surface area contributed by atoms with Crippen LogP contribution in [0.3, 0.4) is 0 Å². The first kappa shape index (κ1) is 25.7. The summed E-state index contributed by atoms with van der Waals surface area (Å²) in [6, 6.07) is 17.5. The van der Waals surface area contributed by atoms with E-state index >= 15 is 0 Å². The van der Waals surface area contributed by atoms with Crippen LogP contribution in [0.5, 0.6) is 0 Å². The molecule has 7 heteroatoms. The second-order valence-corrected chi connectivity index (χ2v) is 8.03. The molecule has 0 aliphatic rings. The molecule has 0 aromatic heterocycles. The van der Waals surface area contributed by atoms with Gasteiger partial charge in [0.25, 0.3) is 0 Å². The summed E-state index contributed by atoms with van der Waals surface area (Å²) >= 11 is 1.82. The Hall–Kier alpha value is -2.38. The van der Waals surface area contributed by atoms with Crippen LogP contribution in [0, 0.1) is 5.82 Å². The lowest BCUT2D eigenvalue weighted by atomic mass is 10.1. The summed E-state index contributed by atoms with van der Waals surface area (Å²) in [7, 11) is 2.22. The molecule has 2 aromatic carbocycles. The van der Waals surface area contributed by atoms with Gasteiger partial charge in [0.15, 0.2) is 0 Å². The lowest BCUT2D eigenvalue weighted by molar-refractivity contribution is -0.159. The van der Waals surface area contributed by atoms with E-state index in [9.17, 15) is 4.39 Å². The molecule has 0 aliphatic carbocycles. The molecule has 5 nitrogen and oxygen atoms in total. The summed E-state index contributed by atoms with van der Waals surface area (Å²) in [5.74, 6) is -2.68. The van der Waals surface area contributed by atoms with Gasteiger partial charge in [-0.05, 0) is 68.4 Å². The van der Waals surface area contributed by atoms with Crippen LogP contribution in [-0.4, -0.2) is 52.9 Å². The van der Waals surface area contributed by atoms with E-state index in [1.165, 1.54) is 49.9 Å². The lowest BCUT2D eigenvalue weighted by Crippen LogP contribution is -2.22. The topological polar surface area (TPSA) is 77.8 Å². The fourth-order valence-electron chi connectivity index (χ4n) is 2.63. The molecule has 0 unspecified atom stereocenters. The number of aliphatic carboxylic acids is 2. The number of thioether (sulfide) groups is 1. The van der Waals surface area contributed by atoms with Gasteiger partial charge < -0.3 is 15.1 Å². The minimum atomic E-state index is -1.82. The molecule has 0 saturated heterocycles. The predicted molar refractivity (Wildman–Crippen MR) is 119 cm³/mol. The van der Waals surface area contributed by atoms with Gasteiger partial charge in [-0.25, -0.2) is 14.0 Å². The van der Waals surface area contributed by atoms with Crippen molar-refractivity contribution in [3.63, 3.8) is 0 Å². The quantitative estimate of drug-likeness (QED) is 0.300. The van der Waals surface area contributed by atoms with Gasteiger partial charge >= 0.3 is 11.9 Å². The summed E-state index contributed by atoms with van der Waals surface area (Å²) < 4.78 is 12.8. The molecule has 0 aliphatic heterocycles. The molecule has 2 aromatic rings. The Balaban J connectivity index is 0.000000656. The number of benzene rings is 2. The van der Waals surface area contributed by atoms with Gasteiger partial charge in [-0.3, -0.25) is 0 Å². The number of carboxylic acid groups (broad SMARTS) is 2. The van der Waals surface area contributed by atoms with E-state index in [-0.39, 0.29) is 5.82 Å². The van der Waals surface area contributed by atoms with E-state index in [1.807, 2.05) is 23.9 Å². The zero-order chi connectivity index (χ0) is 22.2. The Morgan fingerprint density at radius 3 is 2.07 bits per heavy atom. The van der Waals surface area contributed by atoms with Crippen molar-refractivity contribution in [1.29, 1.82) is 0 Å². The number of hydrogen-bond donors (Lipinski definition) is 2. The fourth-order valence-corrected chi connectivity index (χ4v) is 3.55. The van der Waals surface area contributed by atoms with Gasteiger partial charge in [0, 0.05) is 11.4 Å². The van der Waals surface area contributed by atoms with E-state index in [0.29, 0.717) is 0 Å². The highest BCUT2D eigenvalue weighted by Crippen LogP contribution is 2.20. The fraction of sp³-hybridized carbons (Fsp3) is 0.391. The average Bonchev–Trinajstić information content (AvgIpc) is 2.74. The Labute approximate surface area is 181 Å². The highest BCUT2D eigenvalue weighted by atomic mass is 32.2. The molecule has 0 spiro atoms. The average molecular weight is 436 g/mol. The molecule has 0 atom stereocenters. The van der Waals surface area contributed by atoms with Crippen molar-refractivity contribution in [2.45, 2.75) is 37.0 Å². The molecular formula is C23H30FNO4S. The number of carboxylic acids is 2. The summed E-state index contributed by atoms with van der Waals surface area (Å²) in [6.45, 7) is 2.31. The summed E-state index contributed by atoms with van der Waals surface area (Å²) in [6.07, 6.45) is 6.20. The number of rotatable bonds is 11. The molecule has 0 radical (unpaired) electrons. The molecule has 0 heterocycles. The van der Waals surface area contributed by atoms with Gasteiger partial charge in [-0.15, -0.1) is 11.8 Å². The van der Waals surface area contributed by atoms with Crippen molar-refractivity contribution in [1.82, 2.24) is 4.90 Å². The van der Waals surface area contributed by atoms with E-state index < -0.39 is 11.9 Å². The maximum Gasteiger partial charge on any atom is 0.414 e. The zero-order valence-electron chi connectivity index (χ0n) is 17.3. The van der Waals surface area contributed by atoms with E-state index in [2.05, 4.69) is 42.3 Å². The van der Waals surface area contributed by atoms with Crippen molar-refractivity contribution in [2.24, 2.45) is 0 Å². The molecule has 0 bridgehead atoms. The van der Waals surface area contributed by atoms with Gasteiger partial charge in [-0.1, -0.05) is 43.2 Å². The Morgan fingerprint density at radius 2 is 1.47 bits per heavy atom. The standard InChI is InChI=1S/C21H28FNS.C2H2O4/c1-23(17-15-19-9-5-4-6-10-19)16-7-2-3-8-18-24-21-13-11-20(22)12-14-21;3-1(4)2(5)6/h4-6,9-14H,2-3,7-8,15-18H2,1H3;(H,3,4)(H,5,6). The number of unbranched alkanes of at least 4 members (excludes halogenated alkanes) is 3. The van der Waals surface area contributed by atoms with Crippen molar-refractivity contribution in [3.8, 4) is 0 Å². The second-order valence-electron chi connectivity index (χ2n) is 6.87. The number of halogens is 1. The molecule has 0 amide bonds. The highest BCUT2D eigenvalue weighted by molar-refractivity contribution is 7.99. The second kappa shape index (κ2) is 15.5. The van der Waals surface area contributed by atoms with Crippen LogP contribution in [0.25, 0.3) is 0 Å². The third-order valence-corrected chi connectivity index (χ3v) is 5.42. The molecule has 0 saturated carbocycles. The number of hydrogen-bond acceptors (Lipinski definition) is 4. The molecule has 30 heavy (non-hydrogen) atoms. The number of nitrogens with zero attached hydrogens (tertiary/aromatic N) is 1.